The van der Waals surface area contributed by atoms with Crippen LogP contribution in [0, 0.1) is 6.92 Å². The average molecular weight is 472 g/mol. The van der Waals surface area contributed by atoms with E-state index in [4.69, 9.17) is 9.84 Å². The first-order chi connectivity index (χ1) is 14.5. The fraction of sp³-hybridized carbons (Fsp3) is 0.263. The van der Waals surface area contributed by atoms with Crippen molar-refractivity contribution in [3.8, 4) is 5.75 Å². The van der Waals surface area contributed by atoms with Gasteiger partial charge in [-0.15, -0.1) is 11.3 Å². The van der Waals surface area contributed by atoms with Gasteiger partial charge in [0.25, 0.3) is 5.60 Å². The SMILES string of the molecule is COc1ccc2nc(C)nc(SCC(=O)c3ccc(C(O)(C(=O)O)C(F)(F)F)s3)c2c1. The van der Waals surface area contributed by atoms with Gasteiger partial charge in [0.2, 0.25) is 0 Å². The van der Waals surface area contributed by atoms with Crippen LogP contribution < -0.4 is 4.74 Å². The number of benzene rings is 1. The number of alkyl halides is 3. The Hall–Kier alpha value is -2.70. The molecule has 3 rings (SSSR count). The third-order valence-corrected chi connectivity index (χ3v) is 6.50. The molecule has 7 nitrogen and oxygen atoms in total. The van der Waals surface area contributed by atoms with Crippen molar-refractivity contribution in [1.29, 1.82) is 0 Å². The number of carboxylic acid groups (broad SMARTS) is 1. The molecule has 1 atom stereocenters. The number of nitrogens with zero attached hydrogens (tertiary/aromatic N) is 2. The van der Waals surface area contributed by atoms with Crippen molar-refractivity contribution in [2.45, 2.75) is 23.7 Å². The Morgan fingerprint density at radius 1 is 1.19 bits per heavy atom. The zero-order valence-electron chi connectivity index (χ0n) is 16.1. The molecule has 2 heterocycles. The van der Waals surface area contributed by atoms with Crippen LogP contribution in [0.4, 0.5) is 13.2 Å². The highest BCUT2D eigenvalue weighted by Crippen LogP contribution is 2.42. The Bertz CT molecular complexity index is 1170. The number of aliphatic hydroxyl groups is 1. The number of halogens is 3. The molecule has 0 radical (unpaired) electrons. The maximum atomic E-state index is 13.1. The van der Waals surface area contributed by atoms with E-state index in [0.29, 0.717) is 27.5 Å². The first kappa shape index (κ1) is 23.0. The molecular formula is C19H15F3N2O5S2. The number of hydrogen-bond donors (Lipinski definition) is 2. The molecule has 12 heteroatoms. The highest BCUT2D eigenvalue weighted by Gasteiger charge is 2.62. The molecule has 0 aliphatic heterocycles. The second-order valence-corrected chi connectivity index (χ2v) is 8.40. The van der Waals surface area contributed by atoms with Crippen molar-refractivity contribution >= 4 is 45.8 Å². The predicted molar refractivity (Wildman–Crippen MR) is 108 cm³/mol. The molecule has 0 aliphatic carbocycles. The minimum Gasteiger partial charge on any atom is -0.497 e. The standard InChI is InChI=1S/C19H15F3N2O5S2/c1-9-23-12-4-3-10(29-2)7-11(12)16(24-9)30-8-13(25)14-5-6-15(31-14)18(28,17(26)27)19(20,21)22/h3-7,28H,8H2,1-2H3,(H,26,27). The predicted octanol–water partition coefficient (Wildman–Crippen LogP) is 3.82. The first-order valence-corrected chi connectivity index (χ1v) is 10.4. The number of aliphatic carboxylic acids is 1. The Balaban J connectivity index is 1.85. The van der Waals surface area contributed by atoms with Gasteiger partial charge in [-0.05, 0) is 37.3 Å². The van der Waals surface area contributed by atoms with E-state index in [-0.39, 0.29) is 22.0 Å². The van der Waals surface area contributed by atoms with Gasteiger partial charge in [-0.25, -0.2) is 14.8 Å². The summed E-state index contributed by atoms with van der Waals surface area (Å²) in [5, 5.41) is 19.8. The van der Waals surface area contributed by atoms with E-state index in [9.17, 15) is 27.9 Å². The van der Waals surface area contributed by atoms with Gasteiger partial charge in [-0.3, -0.25) is 4.79 Å². The van der Waals surface area contributed by atoms with Gasteiger partial charge in [0.1, 0.15) is 16.6 Å². The molecule has 0 amide bonds. The quantitative estimate of drug-likeness (QED) is 0.304. The van der Waals surface area contributed by atoms with Gasteiger partial charge in [-0.2, -0.15) is 13.2 Å². The third kappa shape index (κ3) is 4.36. The molecule has 1 aromatic carbocycles. The average Bonchev–Trinajstić information content (AvgIpc) is 3.20. The minimum absolute atomic E-state index is 0.112. The van der Waals surface area contributed by atoms with Gasteiger partial charge >= 0.3 is 12.1 Å². The smallest absolute Gasteiger partial charge is 0.433 e. The van der Waals surface area contributed by atoms with Crippen molar-refractivity contribution in [2.24, 2.45) is 0 Å². The minimum atomic E-state index is -5.45. The second kappa shape index (κ2) is 8.44. The molecule has 1 unspecified atom stereocenters. The summed E-state index contributed by atoms with van der Waals surface area (Å²) in [7, 11) is 1.50. The number of carboxylic acids is 1. The summed E-state index contributed by atoms with van der Waals surface area (Å²) in [5.41, 5.74) is -3.45. The van der Waals surface area contributed by atoms with Gasteiger partial charge < -0.3 is 14.9 Å². The lowest BCUT2D eigenvalue weighted by Gasteiger charge is -2.24. The molecular weight excluding hydrogens is 457 g/mol. The monoisotopic (exact) mass is 472 g/mol. The van der Waals surface area contributed by atoms with Gasteiger partial charge in [0.05, 0.1) is 28.1 Å². The highest BCUT2D eigenvalue weighted by atomic mass is 32.2. The van der Waals surface area contributed by atoms with Crippen LogP contribution in [0.3, 0.4) is 0 Å². The maximum absolute atomic E-state index is 13.1. The third-order valence-electron chi connectivity index (χ3n) is 4.28. The van der Waals surface area contributed by atoms with Gasteiger partial charge in [-0.1, -0.05) is 11.8 Å². The Morgan fingerprint density at radius 3 is 2.52 bits per heavy atom. The number of carbonyl (C=O) groups is 2. The maximum Gasteiger partial charge on any atom is 0.433 e. The van der Waals surface area contributed by atoms with Gasteiger partial charge in [0, 0.05) is 5.39 Å². The number of hydrogen-bond acceptors (Lipinski definition) is 8. The first-order valence-electron chi connectivity index (χ1n) is 8.58. The number of Topliss-reactive ketones (excluding diaryl/α,β-unsaturated/α-hetero) is 1. The Kier molecular flexibility index (Phi) is 6.25. The van der Waals surface area contributed by atoms with Crippen molar-refractivity contribution in [1.82, 2.24) is 9.97 Å². The van der Waals surface area contributed by atoms with E-state index in [0.717, 1.165) is 23.9 Å². The number of methoxy groups -OCH3 is 1. The summed E-state index contributed by atoms with van der Waals surface area (Å²) in [6.45, 7) is 1.69. The number of rotatable bonds is 7. The van der Waals surface area contributed by atoms with Crippen molar-refractivity contribution in [3.63, 3.8) is 0 Å². The number of fused-ring (bicyclic) bond motifs is 1. The number of ether oxygens (including phenoxy) is 1. The number of thiophene rings is 1. The van der Waals surface area contributed by atoms with Crippen molar-refractivity contribution in [2.75, 3.05) is 12.9 Å². The normalized spacial score (nSPS) is 13.7. The fourth-order valence-corrected chi connectivity index (χ4v) is 4.76. The molecule has 0 spiro atoms. The lowest BCUT2D eigenvalue weighted by atomic mass is 10.0. The van der Waals surface area contributed by atoms with E-state index >= 15 is 0 Å². The number of aryl methyl sites for hydroxylation is 1. The molecule has 0 aliphatic rings. The van der Waals surface area contributed by atoms with Crippen LogP contribution in [0.2, 0.25) is 0 Å². The molecule has 2 N–H and O–H groups in total. The van der Waals surface area contributed by atoms with Crippen molar-refractivity contribution in [3.05, 3.63) is 45.9 Å². The molecule has 31 heavy (non-hydrogen) atoms. The van der Waals surface area contributed by atoms with Crippen LogP contribution in [0.15, 0.2) is 35.4 Å². The van der Waals surface area contributed by atoms with E-state index < -0.39 is 28.4 Å². The van der Waals surface area contributed by atoms with Crippen molar-refractivity contribution < 1.29 is 37.7 Å². The zero-order chi connectivity index (χ0) is 23.0. The highest BCUT2D eigenvalue weighted by molar-refractivity contribution is 8.00. The summed E-state index contributed by atoms with van der Waals surface area (Å²) in [5.74, 6) is -2.13. The van der Waals surface area contributed by atoms with E-state index in [1.54, 1.807) is 25.1 Å². The van der Waals surface area contributed by atoms with E-state index in [1.807, 2.05) is 0 Å². The summed E-state index contributed by atoms with van der Waals surface area (Å²) >= 11 is 1.35. The Labute approximate surface area is 181 Å². The number of carbonyl (C=O) groups excluding carboxylic acids is 1. The molecule has 0 bridgehead atoms. The van der Waals surface area contributed by atoms with Crippen LogP contribution >= 0.6 is 23.1 Å². The topological polar surface area (TPSA) is 110 Å². The largest absolute Gasteiger partial charge is 0.497 e. The number of thioether (sulfide) groups is 1. The van der Waals surface area contributed by atoms with Gasteiger partial charge in [0.15, 0.2) is 5.78 Å². The molecule has 0 saturated heterocycles. The lowest BCUT2D eigenvalue weighted by Crippen LogP contribution is -2.48. The second-order valence-electron chi connectivity index (χ2n) is 6.35. The van der Waals surface area contributed by atoms with Crippen LogP contribution in [0.1, 0.15) is 20.4 Å². The van der Waals surface area contributed by atoms with Crippen LogP contribution in [0.5, 0.6) is 5.75 Å². The molecule has 3 aromatic rings. The van der Waals surface area contributed by atoms with Crippen LogP contribution in [0.25, 0.3) is 10.9 Å². The molecule has 0 fully saturated rings. The lowest BCUT2D eigenvalue weighted by molar-refractivity contribution is -0.264. The number of aromatic nitrogens is 2. The van der Waals surface area contributed by atoms with E-state index in [1.165, 1.54) is 7.11 Å². The Morgan fingerprint density at radius 2 is 1.90 bits per heavy atom. The summed E-state index contributed by atoms with van der Waals surface area (Å²) in [6, 6.07) is 7.03. The summed E-state index contributed by atoms with van der Waals surface area (Å²) in [4.78, 5) is 31.3. The fourth-order valence-electron chi connectivity index (χ4n) is 2.68. The van der Waals surface area contributed by atoms with Crippen LogP contribution in [-0.2, 0) is 10.4 Å². The number of ketones is 1. The summed E-state index contributed by atoms with van der Waals surface area (Å²) < 4.78 is 44.6. The van der Waals surface area contributed by atoms with E-state index in [2.05, 4.69) is 9.97 Å². The summed E-state index contributed by atoms with van der Waals surface area (Å²) in [6.07, 6.45) is -5.45. The van der Waals surface area contributed by atoms with Crippen LogP contribution in [-0.4, -0.2) is 51.0 Å². The molecule has 2 aromatic heterocycles. The molecule has 164 valence electrons. The molecule has 0 saturated carbocycles. The zero-order valence-corrected chi connectivity index (χ0v) is 17.7.